The lowest BCUT2D eigenvalue weighted by Gasteiger charge is -2.22. The summed E-state index contributed by atoms with van der Waals surface area (Å²) >= 11 is 5.94. The number of oxime groups is 1. The van der Waals surface area contributed by atoms with Crippen LogP contribution in [-0.4, -0.2) is 32.4 Å². The van der Waals surface area contributed by atoms with E-state index in [-0.39, 0.29) is 4.57 Å². The molecule has 0 aliphatic rings. The second-order valence-electron chi connectivity index (χ2n) is 8.03. The van der Waals surface area contributed by atoms with Gasteiger partial charge in [-0.15, -0.1) is 0 Å². The van der Waals surface area contributed by atoms with Crippen molar-refractivity contribution in [2.24, 2.45) is 12.2 Å². The number of carbonyl (C=O) groups is 2. The van der Waals surface area contributed by atoms with Crippen molar-refractivity contribution in [3.63, 3.8) is 0 Å². The minimum Gasteiger partial charge on any atom is -0.444 e. The van der Waals surface area contributed by atoms with Gasteiger partial charge in [0, 0.05) is 20.0 Å². The van der Waals surface area contributed by atoms with Gasteiger partial charge in [0.1, 0.15) is 5.82 Å². The summed E-state index contributed by atoms with van der Waals surface area (Å²) in [5, 5.41) is 3.02. The zero-order valence-corrected chi connectivity index (χ0v) is 19.8. The van der Waals surface area contributed by atoms with Crippen molar-refractivity contribution in [3.8, 4) is 5.69 Å². The van der Waals surface area contributed by atoms with Crippen LogP contribution >= 0.6 is 11.6 Å². The first-order chi connectivity index (χ1) is 15.5. The van der Waals surface area contributed by atoms with E-state index in [1.165, 1.54) is 13.8 Å². The predicted molar refractivity (Wildman–Crippen MR) is 116 cm³/mol. The van der Waals surface area contributed by atoms with Gasteiger partial charge in [-0.3, -0.25) is 9.36 Å². The van der Waals surface area contributed by atoms with Gasteiger partial charge >= 0.3 is 17.6 Å². The number of ether oxygens (including phenoxy) is 1. The van der Waals surface area contributed by atoms with Crippen LogP contribution in [0, 0.1) is 5.82 Å². The average Bonchev–Trinajstić information content (AvgIpc) is 2.68. The van der Waals surface area contributed by atoms with E-state index in [1.807, 2.05) is 0 Å². The average molecular weight is 504 g/mol. The number of aromatic nitrogens is 2. The molecule has 0 bridgehead atoms. The van der Waals surface area contributed by atoms with Gasteiger partial charge in [-0.1, -0.05) is 16.8 Å². The first-order valence-electron chi connectivity index (χ1n) is 9.64. The molecule has 1 heterocycles. The molecule has 13 heteroatoms. The molecule has 9 nitrogen and oxygen atoms in total. The van der Waals surface area contributed by atoms with Crippen molar-refractivity contribution in [3.05, 3.63) is 61.1 Å². The van der Waals surface area contributed by atoms with Gasteiger partial charge in [0.2, 0.25) is 5.60 Å². The summed E-state index contributed by atoms with van der Waals surface area (Å²) in [5.74, 6) is -6.96. The molecular weight excluding hydrogens is 483 g/mol. The van der Waals surface area contributed by atoms with Crippen molar-refractivity contribution in [1.29, 1.82) is 0 Å². The minimum absolute atomic E-state index is 0.260. The third kappa shape index (κ3) is 5.56. The zero-order chi connectivity index (χ0) is 26.2. The summed E-state index contributed by atoms with van der Waals surface area (Å²) in [6.07, 6.45) is 0. The highest BCUT2D eigenvalue weighted by molar-refractivity contribution is 6.33. The molecule has 34 heavy (non-hydrogen) atoms. The number of alkyl halides is 2. The Morgan fingerprint density at radius 2 is 1.68 bits per heavy atom. The van der Waals surface area contributed by atoms with Crippen LogP contribution in [0.4, 0.5) is 13.2 Å². The zero-order valence-electron chi connectivity index (χ0n) is 19.0. The van der Waals surface area contributed by atoms with Crippen LogP contribution < -0.4 is 11.2 Å². The largest absolute Gasteiger partial charge is 0.444 e. The smallest absolute Gasteiger partial charge is 0.377 e. The molecule has 0 saturated heterocycles. The molecule has 0 amide bonds. The molecule has 0 spiro atoms. The first-order valence-corrected chi connectivity index (χ1v) is 10.0. The van der Waals surface area contributed by atoms with Crippen molar-refractivity contribution in [1.82, 2.24) is 9.13 Å². The van der Waals surface area contributed by atoms with Crippen molar-refractivity contribution in [2.45, 2.75) is 46.1 Å². The van der Waals surface area contributed by atoms with Gasteiger partial charge < -0.3 is 9.57 Å². The molecule has 184 valence electrons. The third-order valence-corrected chi connectivity index (χ3v) is 4.73. The summed E-state index contributed by atoms with van der Waals surface area (Å²) < 4.78 is 48.0. The Kier molecular flexibility index (Phi) is 7.46. The number of hydrogen-bond donors (Lipinski definition) is 0. The molecule has 0 unspecified atom stereocenters. The van der Waals surface area contributed by atoms with Crippen LogP contribution in [0.15, 0.2) is 32.9 Å². The van der Waals surface area contributed by atoms with Crippen molar-refractivity contribution in [2.75, 3.05) is 0 Å². The molecule has 1 aromatic heterocycles. The van der Waals surface area contributed by atoms with Crippen molar-refractivity contribution < 1.29 is 32.3 Å². The molecule has 0 fully saturated rings. The number of rotatable bonds is 6. The Morgan fingerprint density at radius 1 is 1.09 bits per heavy atom. The van der Waals surface area contributed by atoms with Gasteiger partial charge in [0.15, 0.2) is 0 Å². The van der Waals surface area contributed by atoms with E-state index >= 15 is 0 Å². The highest BCUT2D eigenvalue weighted by Crippen LogP contribution is 2.27. The van der Waals surface area contributed by atoms with Gasteiger partial charge in [-0.05, 0) is 39.8 Å². The second-order valence-corrected chi connectivity index (χ2v) is 8.44. The number of benzene rings is 1. The summed E-state index contributed by atoms with van der Waals surface area (Å²) in [6.45, 7) is 6.02. The number of carbonyl (C=O) groups excluding carboxylic acids is 2. The highest BCUT2D eigenvalue weighted by Gasteiger charge is 2.36. The Bertz CT molecular complexity index is 1300. The van der Waals surface area contributed by atoms with E-state index in [0.717, 1.165) is 13.1 Å². The molecule has 1 aromatic carbocycles. The molecule has 0 aliphatic heterocycles. The number of hydrogen-bond acceptors (Lipinski definition) is 7. The molecule has 0 aliphatic carbocycles. The molecule has 0 atom stereocenters. The summed E-state index contributed by atoms with van der Waals surface area (Å²) in [5.41, 5.74) is -6.13. The first kappa shape index (κ1) is 26.8. The number of nitrogens with zero attached hydrogens (tertiary/aromatic N) is 3. The maximum atomic E-state index is 14.7. The molecule has 0 saturated carbocycles. The Hall–Kier alpha value is -3.41. The van der Waals surface area contributed by atoms with E-state index in [2.05, 4.69) is 9.99 Å². The van der Waals surface area contributed by atoms with Crippen LogP contribution in [0.3, 0.4) is 0 Å². The quantitative estimate of drug-likeness (QED) is 0.259. The van der Waals surface area contributed by atoms with E-state index in [0.29, 0.717) is 29.3 Å². The molecular formula is C21H21ClF3N3O6. The van der Waals surface area contributed by atoms with E-state index in [1.54, 1.807) is 13.8 Å². The number of esters is 1. The molecule has 2 aromatic rings. The standard InChI is InChI=1S/C21H21ClF3N3O6/c1-10(2)26-34-18(31)20(3,4)33-17(30)11-7-14(13(23)8-12(11)22)28-16(29)9-15(21(5,24)25)27(6)19(28)32/h7-9H,1-6H3. The Labute approximate surface area is 196 Å². The third-order valence-electron chi connectivity index (χ3n) is 4.42. The maximum absolute atomic E-state index is 14.7. The van der Waals surface area contributed by atoms with Crippen LogP contribution in [0.5, 0.6) is 0 Å². The van der Waals surface area contributed by atoms with Gasteiger partial charge in [-0.25, -0.2) is 32.1 Å². The normalized spacial score (nSPS) is 11.7. The summed E-state index contributed by atoms with van der Waals surface area (Å²) in [4.78, 5) is 54.6. The molecule has 0 radical (unpaired) electrons. The Balaban J connectivity index is 2.57. The lowest BCUT2D eigenvalue weighted by Crippen LogP contribution is -2.41. The maximum Gasteiger partial charge on any atom is 0.377 e. The van der Waals surface area contributed by atoms with Crippen LogP contribution in [-0.2, 0) is 27.3 Å². The molecule has 0 N–H and O–H groups in total. The van der Waals surface area contributed by atoms with Gasteiger partial charge in [0.05, 0.1) is 27.7 Å². The SMILES string of the molecule is CC(C)=NOC(=O)C(C)(C)OC(=O)c1cc(-n2c(=O)cc(C(C)(F)F)n(C)c2=O)c(F)cc1Cl. The van der Waals surface area contributed by atoms with Crippen LogP contribution in [0.2, 0.25) is 5.02 Å². The topological polar surface area (TPSA) is 109 Å². The van der Waals surface area contributed by atoms with Crippen LogP contribution in [0.1, 0.15) is 50.7 Å². The predicted octanol–water partition coefficient (Wildman–Crippen LogP) is 3.31. The summed E-state index contributed by atoms with van der Waals surface area (Å²) in [6, 6.07) is 1.85. The lowest BCUT2D eigenvalue weighted by atomic mass is 10.1. The minimum atomic E-state index is -3.53. The lowest BCUT2D eigenvalue weighted by molar-refractivity contribution is -0.162. The Morgan fingerprint density at radius 3 is 2.21 bits per heavy atom. The second kappa shape index (κ2) is 9.45. The fraction of sp³-hybridized carbons (Fsp3) is 0.381. The molecule has 2 rings (SSSR count). The highest BCUT2D eigenvalue weighted by atomic mass is 35.5. The van der Waals surface area contributed by atoms with E-state index in [4.69, 9.17) is 16.3 Å². The van der Waals surface area contributed by atoms with E-state index < -0.39 is 62.5 Å². The number of halogens is 4. The monoisotopic (exact) mass is 503 g/mol. The fourth-order valence-electron chi connectivity index (χ4n) is 2.70. The van der Waals surface area contributed by atoms with Crippen molar-refractivity contribution >= 4 is 29.3 Å². The van der Waals surface area contributed by atoms with Crippen LogP contribution in [0.25, 0.3) is 5.69 Å². The fourth-order valence-corrected chi connectivity index (χ4v) is 2.93. The van der Waals surface area contributed by atoms with Gasteiger partial charge in [0.25, 0.3) is 11.5 Å². The van der Waals surface area contributed by atoms with Gasteiger partial charge in [-0.2, -0.15) is 0 Å². The summed E-state index contributed by atoms with van der Waals surface area (Å²) in [7, 11) is 0.975. The van der Waals surface area contributed by atoms with E-state index in [9.17, 15) is 32.3 Å².